The summed E-state index contributed by atoms with van der Waals surface area (Å²) in [7, 11) is 3.62. The van der Waals surface area contributed by atoms with Gasteiger partial charge in [0.15, 0.2) is 11.5 Å². The molecule has 3 aromatic rings. The predicted molar refractivity (Wildman–Crippen MR) is 199 cm³/mol. The zero-order valence-corrected chi connectivity index (χ0v) is 30.2. The first-order valence-electron chi connectivity index (χ1n) is 17.4. The van der Waals surface area contributed by atoms with Crippen molar-refractivity contribution in [3.63, 3.8) is 0 Å². The van der Waals surface area contributed by atoms with Crippen LogP contribution in [0.3, 0.4) is 0 Å². The molecule has 1 saturated carbocycles. The van der Waals surface area contributed by atoms with Crippen molar-refractivity contribution in [2.45, 2.75) is 78.7 Å². The van der Waals surface area contributed by atoms with Gasteiger partial charge in [0.05, 0.1) is 13.2 Å². The van der Waals surface area contributed by atoms with Gasteiger partial charge in [-0.2, -0.15) is 0 Å². The highest BCUT2D eigenvalue weighted by Gasteiger charge is 2.37. The van der Waals surface area contributed by atoms with E-state index in [9.17, 15) is 9.59 Å². The summed E-state index contributed by atoms with van der Waals surface area (Å²) in [5.41, 5.74) is 6.97. The third kappa shape index (κ3) is 8.01. The van der Waals surface area contributed by atoms with E-state index in [-0.39, 0.29) is 11.3 Å². The molecule has 4 heterocycles. The molecule has 0 unspecified atom stereocenters. The van der Waals surface area contributed by atoms with Crippen molar-refractivity contribution in [1.82, 2.24) is 9.80 Å². The Morgan fingerprint density at radius 1 is 1.10 bits per heavy atom. The number of aliphatic imine (C=N–C) groups is 1. The van der Waals surface area contributed by atoms with Crippen LogP contribution in [0.2, 0.25) is 0 Å². The Labute approximate surface area is 289 Å². The van der Waals surface area contributed by atoms with E-state index in [2.05, 4.69) is 60.1 Å². The van der Waals surface area contributed by atoms with E-state index in [1.54, 1.807) is 11.0 Å². The van der Waals surface area contributed by atoms with Crippen molar-refractivity contribution < 1.29 is 13.9 Å². The van der Waals surface area contributed by atoms with Crippen LogP contribution in [0.25, 0.3) is 21.4 Å². The van der Waals surface area contributed by atoms with Crippen LogP contribution in [-0.2, 0) is 16.0 Å². The molecule has 1 aliphatic carbocycles. The van der Waals surface area contributed by atoms with Gasteiger partial charge >= 0.3 is 0 Å². The first kappa shape index (κ1) is 35.4. The van der Waals surface area contributed by atoms with E-state index in [0.717, 1.165) is 79.1 Å². The number of hydrogen-bond donors (Lipinski definition) is 0. The first-order valence-corrected chi connectivity index (χ1v) is 18.3. The number of anilines is 1. The monoisotopic (exact) mass is 670 g/mol. The van der Waals surface area contributed by atoms with Gasteiger partial charge in [-0.05, 0) is 56.7 Å². The van der Waals surface area contributed by atoms with Crippen LogP contribution in [0.15, 0.2) is 85.1 Å². The number of allylic oxidation sites excluding steroid dienone is 3. The third-order valence-electron chi connectivity index (χ3n) is 9.00. The van der Waals surface area contributed by atoms with Gasteiger partial charge < -0.3 is 23.9 Å². The average molecular weight is 671 g/mol. The Bertz CT molecular complexity index is 1750. The number of carbonyl (C=O) groups is 1. The lowest BCUT2D eigenvalue weighted by Gasteiger charge is -2.30. The van der Waals surface area contributed by atoms with Crippen LogP contribution in [0.1, 0.15) is 71.8 Å². The third-order valence-corrected chi connectivity index (χ3v) is 9.98. The minimum atomic E-state index is 0.0293. The van der Waals surface area contributed by atoms with E-state index in [4.69, 9.17) is 14.1 Å². The number of carbonyl (C=O) groups excluding carboxylic acids is 1. The number of amidine groups is 1. The number of likely N-dealkylation sites (N-methyl/N-ethyl adjacent to an activating group) is 1. The second-order valence-electron chi connectivity index (χ2n) is 12.8. The highest BCUT2D eigenvalue weighted by atomic mass is 32.1. The molecule has 0 spiro atoms. The summed E-state index contributed by atoms with van der Waals surface area (Å²) < 4.78 is 12.2. The molecule has 0 radical (unpaired) electrons. The summed E-state index contributed by atoms with van der Waals surface area (Å²) in [5, 5.41) is 2.02. The van der Waals surface area contributed by atoms with Crippen molar-refractivity contribution in [2.24, 2.45) is 4.99 Å². The molecule has 48 heavy (non-hydrogen) atoms. The summed E-state index contributed by atoms with van der Waals surface area (Å²) in [6.07, 6.45) is 14.1. The Hall–Kier alpha value is -3.95. The van der Waals surface area contributed by atoms with Gasteiger partial charge in [-0.3, -0.25) is 9.59 Å². The van der Waals surface area contributed by atoms with Gasteiger partial charge in [0.25, 0.3) is 5.91 Å². The van der Waals surface area contributed by atoms with Gasteiger partial charge in [-0.1, -0.05) is 69.5 Å². The van der Waals surface area contributed by atoms with Crippen LogP contribution in [0.5, 0.6) is 0 Å². The lowest BCUT2D eigenvalue weighted by molar-refractivity contribution is -0.126. The highest BCUT2D eigenvalue weighted by molar-refractivity contribution is 7.17. The van der Waals surface area contributed by atoms with E-state index in [1.165, 1.54) is 29.7 Å². The first-order chi connectivity index (χ1) is 23.2. The molecule has 0 N–H and O–H groups in total. The highest BCUT2D eigenvalue weighted by Crippen LogP contribution is 2.36. The zero-order chi connectivity index (χ0) is 34.2. The molecule has 1 amide bonds. The molecule has 3 aliphatic rings. The smallest absolute Gasteiger partial charge is 0.270 e. The van der Waals surface area contributed by atoms with Crippen LogP contribution >= 0.6 is 11.3 Å². The van der Waals surface area contributed by atoms with E-state index >= 15 is 0 Å². The molecular weight excluding hydrogens is 621 g/mol. The van der Waals surface area contributed by atoms with E-state index in [1.807, 2.05) is 39.4 Å². The summed E-state index contributed by atoms with van der Waals surface area (Å²) in [5.74, 6) is 1.63. The van der Waals surface area contributed by atoms with Gasteiger partial charge in [-0.15, -0.1) is 11.3 Å². The Balaban J connectivity index is 0.000000189. The number of fused-ring (bicyclic) bond motifs is 1. The minimum absolute atomic E-state index is 0.0293. The maximum atomic E-state index is 12.6. The zero-order valence-electron chi connectivity index (χ0n) is 29.4. The minimum Gasteiger partial charge on any atom is -0.439 e. The standard InChI is InChI=1S/C20H21NO3S.C19H29N3O/c1-2-3-14-4-6-15(7-5-14)16-13-25-20-17(22)12-18(24-19(16)20)21-8-10-23-11-9-21;1-6-10-14(3)20-18-15(7-2)13-17(19(23)21(4)5)22(18)16-11-8-9-12-16/h4-7,12-13H,2-3,8-11H2,1H3;7,10,13,16H,6,8-9,11-12H2,1-5H3/b;14-10-,15-7-,20-18+. The fourth-order valence-corrected chi connectivity index (χ4v) is 7.42. The molecule has 256 valence electrons. The van der Waals surface area contributed by atoms with Crippen LogP contribution in [-0.4, -0.2) is 68.0 Å². The van der Waals surface area contributed by atoms with Crippen molar-refractivity contribution >= 4 is 39.2 Å². The number of benzene rings is 1. The quantitative estimate of drug-likeness (QED) is 0.241. The number of ether oxygens (including phenoxy) is 1. The Kier molecular flexibility index (Phi) is 12.1. The van der Waals surface area contributed by atoms with Gasteiger partial charge in [-0.25, -0.2) is 4.99 Å². The summed E-state index contributed by atoms with van der Waals surface area (Å²) in [6, 6.07) is 10.6. The lowest BCUT2D eigenvalue weighted by Crippen LogP contribution is -2.40. The fraction of sp³-hybridized carbons (Fsp3) is 0.462. The number of morpholine rings is 1. The molecule has 2 fully saturated rings. The van der Waals surface area contributed by atoms with E-state index < -0.39 is 0 Å². The Morgan fingerprint density at radius 3 is 2.44 bits per heavy atom. The molecule has 2 aliphatic heterocycles. The molecule has 1 saturated heterocycles. The largest absolute Gasteiger partial charge is 0.439 e. The van der Waals surface area contributed by atoms with Crippen LogP contribution in [0, 0.1) is 0 Å². The molecule has 2 aromatic heterocycles. The number of hydrogen-bond acceptors (Lipinski definition) is 7. The van der Waals surface area contributed by atoms with Crippen molar-refractivity contribution in [3.8, 4) is 11.1 Å². The number of nitrogens with zero attached hydrogens (tertiary/aromatic N) is 4. The Morgan fingerprint density at radius 2 is 1.81 bits per heavy atom. The number of thiophene rings is 1. The molecule has 9 heteroatoms. The summed E-state index contributed by atoms with van der Waals surface area (Å²) in [4.78, 5) is 35.9. The normalized spacial score (nSPS) is 18.9. The van der Waals surface area contributed by atoms with Crippen LogP contribution < -0.4 is 10.3 Å². The van der Waals surface area contributed by atoms with Crippen molar-refractivity contribution in [2.75, 3.05) is 45.3 Å². The molecule has 0 bridgehead atoms. The lowest BCUT2D eigenvalue weighted by atomic mass is 10.0. The SMILES string of the molecule is C/C=C1/C=C(C(=O)N(C)C)N(C2CCCC2)/C1=N/C(C)=C\CC.CCCc1ccc(-c2csc3c(=O)cc(N4CCOCC4)oc23)cc1. The number of aryl methyl sites for hydroxylation is 1. The maximum absolute atomic E-state index is 12.6. The predicted octanol–water partition coefficient (Wildman–Crippen LogP) is 8.19. The fourth-order valence-electron chi connectivity index (χ4n) is 6.51. The molecule has 8 nitrogen and oxygen atoms in total. The second-order valence-corrected chi connectivity index (χ2v) is 13.7. The van der Waals surface area contributed by atoms with Gasteiger partial charge in [0, 0.05) is 61.5 Å². The molecule has 0 atom stereocenters. The van der Waals surface area contributed by atoms with Gasteiger partial charge in [0.2, 0.25) is 5.43 Å². The number of rotatable bonds is 8. The van der Waals surface area contributed by atoms with E-state index in [0.29, 0.717) is 35.4 Å². The maximum Gasteiger partial charge on any atom is 0.270 e. The summed E-state index contributed by atoms with van der Waals surface area (Å²) in [6.45, 7) is 11.2. The summed E-state index contributed by atoms with van der Waals surface area (Å²) >= 11 is 1.46. The number of amides is 1. The molecular formula is C39H50N4O4S. The second kappa shape index (κ2) is 16.4. The average Bonchev–Trinajstić information content (AvgIpc) is 3.85. The molecule has 1 aromatic carbocycles. The molecule has 6 rings (SSSR count). The topological polar surface area (TPSA) is 78.6 Å². The van der Waals surface area contributed by atoms with Gasteiger partial charge in [0.1, 0.15) is 16.2 Å². The van der Waals surface area contributed by atoms with Crippen molar-refractivity contribution in [1.29, 1.82) is 0 Å². The van der Waals surface area contributed by atoms with Crippen LogP contribution in [0.4, 0.5) is 5.88 Å². The van der Waals surface area contributed by atoms with Crippen molar-refractivity contribution in [3.05, 3.63) is 86.7 Å².